The fourth-order valence-electron chi connectivity index (χ4n) is 5.11. The molecule has 0 unspecified atom stereocenters. The molecule has 1 saturated heterocycles. The lowest BCUT2D eigenvalue weighted by Gasteiger charge is -2.41. The van der Waals surface area contributed by atoms with Gasteiger partial charge in [-0.1, -0.05) is 0 Å². The Kier molecular flexibility index (Phi) is 5.75. The normalized spacial score (nSPS) is 17.8. The van der Waals surface area contributed by atoms with Crippen LogP contribution < -0.4 is 16.4 Å². The van der Waals surface area contributed by atoms with Crippen molar-refractivity contribution in [1.29, 1.82) is 0 Å². The van der Waals surface area contributed by atoms with E-state index in [0.717, 1.165) is 54.0 Å². The minimum atomic E-state index is -0.925. The largest absolute Gasteiger partial charge is 0.382 e. The lowest BCUT2D eigenvalue weighted by Crippen LogP contribution is -2.52. The number of imidazole rings is 1. The molecule has 5 aromatic rings. The van der Waals surface area contributed by atoms with Crippen molar-refractivity contribution in [2.24, 2.45) is 12.8 Å². The molecule has 6 rings (SSSR count). The number of anilines is 2. The fourth-order valence-corrected chi connectivity index (χ4v) is 5.11. The summed E-state index contributed by atoms with van der Waals surface area (Å²) < 4.78 is 29.6. The number of nitrogen functional groups attached to an aromatic ring is 1. The minimum Gasteiger partial charge on any atom is -0.382 e. The Morgan fingerprint density at radius 2 is 1.92 bits per heavy atom. The van der Waals surface area contributed by atoms with Crippen molar-refractivity contribution >= 4 is 22.5 Å². The molecule has 1 atom stereocenters. The first-order chi connectivity index (χ1) is 18.3. The smallest absolute Gasteiger partial charge is 0.159 e. The van der Waals surface area contributed by atoms with E-state index in [4.69, 9.17) is 11.5 Å². The van der Waals surface area contributed by atoms with Gasteiger partial charge in [0.2, 0.25) is 0 Å². The molecule has 1 fully saturated rings. The van der Waals surface area contributed by atoms with Gasteiger partial charge in [-0.25, -0.2) is 18.7 Å². The van der Waals surface area contributed by atoms with E-state index >= 15 is 0 Å². The molecule has 0 amide bonds. The summed E-state index contributed by atoms with van der Waals surface area (Å²) in [5, 5.41) is 8.68. The van der Waals surface area contributed by atoms with E-state index in [2.05, 4.69) is 30.0 Å². The number of fused-ring (bicyclic) bond motifs is 1. The van der Waals surface area contributed by atoms with Crippen molar-refractivity contribution in [3.63, 3.8) is 0 Å². The van der Waals surface area contributed by atoms with Crippen LogP contribution in [0.15, 0.2) is 55.2 Å². The predicted octanol–water partition coefficient (Wildman–Crippen LogP) is 2.98. The van der Waals surface area contributed by atoms with Gasteiger partial charge in [-0.15, -0.1) is 0 Å². The van der Waals surface area contributed by atoms with E-state index in [1.54, 1.807) is 32.0 Å². The molecule has 0 radical (unpaired) electrons. The van der Waals surface area contributed by atoms with Crippen LogP contribution in [0.4, 0.5) is 20.3 Å². The molecule has 0 aliphatic carbocycles. The maximum absolute atomic E-state index is 14.0. The molecular formula is C26H26F2N10. The molecule has 0 spiro atoms. The Labute approximate surface area is 216 Å². The predicted molar refractivity (Wildman–Crippen MR) is 139 cm³/mol. The average Bonchev–Trinajstić information content (AvgIpc) is 3.53. The SMILES string of the molecule is Cn1ncc([C@@]2(N)CCCN(c3cnc(-c4ccc(F)c(F)c4)cc3Cn3cnc4c(N)nccc43)C2)n1. The third kappa shape index (κ3) is 4.22. The van der Waals surface area contributed by atoms with E-state index in [1.807, 2.05) is 16.7 Å². The number of halogens is 2. The number of hydrogen-bond donors (Lipinski definition) is 2. The van der Waals surface area contributed by atoms with Gasteiger partial charge in [0.15, 0.2) is 17.5 Å². The van der Waals surface area contributed by atoms with E-state index in [0.29, 0.717) is 35.7 Å². The van der Waals surface area contributed by atoms with Crippen LogP contribution in [0, 0.1) is 11.6 Å². The van der Waals surface area contributed by atoms with Gasteiger partial charge in [-0.2, -0.15) is 15.0 Å². The third-order valence-electron chi connectivity index (χ3n) is 7.06. The van der Waals surface area contributed by atoms with Crippen LogP contribution in [0.3, 0.4) is 0 Å². The first-order valence-corrected chi connectivity index (χ1v) is 12.2. The van der Waals surface area contributed by atoms with Crippen LogP contribution in [0.2, 0.25) is 0 Å². The monoisotopic (exact) mass is 516 g/mol. The van der Waals surface area contributed by atoms with E-state index in [1.165, 1.54) is 10.9 Å². The number of aryl methyl sites for hydroxylation is 1. The van der Waals surface area contributed by atoms with Crippen LogP contribution in [0.25, 0.3) is 22.3 Å². The van der Waals surface area contributed by atoms with Gasteiger partial charge < -0.3 is 20.9 Å². The topological polar surface area (TPSA) is 130 Å². The molecule has 10 nitrogen and oxygen atoms in total. The number of piperidine rings is 1. The van der Waals surface area contributed by atoms with Gasteiger partial charge in [-0.3, -0.25) is 4.98 Å². The highest BCUT2D eigenvalue weighted by Crippen LogP contribution is 2.34. The Morgan fingerprint density at radius 1 is 1.05 bits per heavy atom. The molecule has 12 heteroatoms. The number of rotatable bonds is 5. The highest BCUT2D eigenvalue weighted by Gasteiger charge is 2.36. The molecule has 194 valence electrons. The quantitative estimate of drug-likeness (QED) is 0.365. The van der Waals surface area contributed by atoms with E-state index in [9.17, 15) is 8.78 Å². The second-order valence-electron chi connectivity index (χ2n) is 9.66. The molecule has 1 aliphatic rings. The van der Waals surface area contributed by atoms with E-state index in [-0.39, 0.29) is 0 Å². The maximum Gasteiger partial charge on any atom is 0.159 e. The molecule has 4 N–H and O–H groups in total. The lowest BCUT2D eigenvalue weighted by atomic mass is 9.87. The van der Waals surface area contributed by atoms with Crippen LogP contribution in [-0.4, -0.2) is 47.6 Å². The summed E-state index contributed by atoms with van der Waals surface area (Å²) in [6, 6.07) is 7.53. The molecule has 38 heavy (non-hydrogen) atoms. The van der Waals surface area contributed by atoms with E-state index < -0.39 is 17.2 Å². The number of hydrogen-bond acceptors (Lipinski definition) is 8. The maximum atomic E-state index is 14.0. The molecule has 4 aromatic heterocycles. The van der Waals surface area contributed by atoms with Gasteiger partial charge in [-0.05, 0) is 48.7 Å². The molecular weight excluding hydrogens is 490 g/mol. The molecule has 1 aromatic carbocycles. The highest BCUT2D eigenvalue weighted by molar-refractivity contribution is 5.84. The first kappa shape index (κ1) is 23.9. The van der Waals surface area contributed by atoms with Crippen molar-refractivity contribution < 1.29 is 8.78 Å². The zero-order valence-electron chi connectivity index (χ0n) is 20.7. The average molecular weight is 517 g/mol. The summed E-state index contributed by atoms with van der Waals surface area (Å²) in [4.78, 5) is 16.9. The summed E-state index contributed by atoms with van der Waals surface area (Å²) >= 11 is 0. The molecule has 1 aliphatic heterocycles. The Hall–Kier alpha value is -4.45. The second-order valence-corrected chi connectivity index (χ2v) is 9.66. The lowest BCUT2D eigenvalue weighted by molar-refractivity contribution is 0.342. The summed E-state index contributed by atoms with van der Waals surface area (Å²) in [6.45, 7) is 1.74. The van der Waals surface area contributed by atoms with Crippen molar-refractivity contribution in [1.82, 2.24) is 34.5 Å². The molecule has 0 saturated carbocycles. The van der Waals surface area contributed by atoms with Crippen molar-refractivity contribution in [2.45, 2.75) is 24.9 Å². The highest BCUT2D eigenvalue weighted by atomic mass is 19.2. The van der Waals surface area contributed by atoms with Crippen molar-refractivity contribution in [3.05, 3.63) is 78.1 Å². The summed E-state index contributed by atoms with van der Waals surface area (Å²) in [5.74, 6) is -1.48. The summed E-state index contributed by atoms with van der Waals surface area (Å²) in [6.07, 6.45) is 8.47. The standard InChI is InChI=1S/C26H26F2N10/c1-36-34-12-23(35-36)26(30)6-2-8-37(14-26)22-11-32-20(16-3-4-18(27)19(28)9-16)10-17(22)13-38-15-33-24-21(38)5-7-31-25(24)29/h3-5,7,9-12,15H,2,6,8,13-14,30H2,1H3,(H2,29,31)/t26-/m1/s1. The summed E-state index contributed by atoms with van der Waals surface area (Å²) in [5.41, 5.74) is 17.2. The number of nitrogens with zero attached hydrogens (tertiary/aromatic N) is 8. The van der Waals surface area contributed by atoms with Crippen molar-refractivity contribution in [2.75, 3.05) is 23.7 Å². The number of aromatic nitrogens is 7. The second kappa shape index (κ2) is 9.14. The van der Waals surface area contributed by atoms with Gasteiger partial charge in [0, 0.05) is 31.9 Å². The van der Waals surface area contributed by atoms with Crippen LogP contribution in [0.1, 0.15) is 24.1 Å². The molecule has 5 heterocycles. The Bertz CT molecular complexity index is 1640. The zero-order valence-corrected chi connectivity index (χ0v) is 20.7. The number of pyridine rings is 2. The van der Waals surface area contributed by atoms with Crippen LogP contribution in [0.5, 0.6) is 0 Å². The first-order valence-electron chi connectivity index (χ1n) is 12.2. The molecule has 0 bridgehead atoms. The fraction of sp³-hybridized carbons (Fsp3) is 0.269. The zero-order chi connectivity index (χ0) is 26.4. The number of benzene rings is 1. The van der Waals surface area contributed by atoms with Crippen LogP contribution in [-0.2, 0) is 19.1 Å². The van der Waals surface area contributed by atoms with Gasteiger partial charge >= 0.3 is 0 Å². The van der Waals surface area contributed by atoms with Crippen LogP contribution >= 0.6 is 0 Å². The van der Waals surface area contributed by atoms with Gasteiger partial charge in [0.05, 0.1) is 47.7 Å². The van der Waals surface area contributed by atoms with Crippen molar-refractivity contribution in [3.8, 4) is 11.3 Å². The Morgan fingerprint density at radius 3 is 2.71 bits per heavy atom. The minimum absolute atomic E-state index is 0.353. The van der Waals surface area contributed by atoms with Gasteiger partial charge in [0.25, 0.3) is 0 Å². The summed E-state index contributed by atoms with van der Waals surface area (Å²) in [7, 11) is 1.77. The number of nitrogens with two attached hydrogens (primary N) is 2. The third-order valence-corrected chi connectivity index (χ3v) is 7.06. The van der Waals surface area contributed by atoms with Gasteiger partial charge in [0.1, 0.15) is 11.2 Å². The Balaban J connectivity index is 1.42.